The molecule has 0 spiro atoms. The van der Waals surface area contributed by atoms with Crippen LogP contribution in [0.15, 0.2) is 24.3 Å². The molecule has 2 heteroatoms. The molecule has 1 rings (SSSR count). The maximum atomic E-state index is 3.62. The van der Waals surface area contributed by atoms with Gasteiger partial charge in [-0.2, -0.15) is 0 Å². The van der Waals surface area contributed by atoms with Crippen molar-refractivity contribution in [1.82, 2.24) is 5.32 Å². The first-order chi connectivity index (χ1) is 8.83. The van der Waals surface area contributed by atoms with Crippen LogP contribution in [0.4, 0.5) is 5.69 Å². The molecule has 0 aliphatic heterocycles. The Kier molecular flexibility index (Phi) is 5.86. The average Bonchev–Trinajstić information content (AvgIpc) is 2.33. The molecule has 0 bridgehead atoms. The molecule has 19 heavy (non-hydrogen) atoms. The summed E-state index contributed by atoms with van der Waals surface area (Å²) in [5, 5.41) is 3.62. The Balaban J connectivity index is 2.83. The van der Waals surface area contributed by atoms with Crippen molar-refractivity contribution >= 4 is 5.69 Å². The zero-order valence-electron chi connectivity index (χ0n) is 13.5. The molecule has 1 aromatic rings. The van der Waals surface area contributed by atoms with Gasteiger partial charge in [0.15, 0.2) is 0 Å². The third-order valence-corrected chi connectivity index (χ3v) is 3.42. The summed E-state index contributed by atoms with van der Waals surface area (Å²) in [4.78, 5) is 2.16. The third-order valence-electron chi connectivity index (χ3n) is 3.42. The molecule has 108 valence electrons. The van der Waals surface area contributed by atoms with Crippen LogP contribution >= 0.6 is 0 Å². The summed E-state index contributed by atoms with van der Waals surface area (Å²) in [7, 11) is 4.19. The van der Waals surface area contributed by atoms with Crippen molar-refractivity contribution in [3.05, 3.63) is 29.8 Å². The van der Waals surface area contributed by atoms with Gasteiger partial charge in [0.05, 0.1) is 0 Å². The molecule has 1 N–H and O–H groups in total. The smallest absolute Gasteiger partial charge is 0.0364 e. The van der Waals surface area contributed by atoms with Gasteiger partial charge in [-0.1, -0.05) is 39.8 Å². The highest BCUT2D eigenvalue weighted by Gasteiger charge is 2.16. The Bertz CT molecular complexity index is 377. The summed E-state index contributed by atoms with van der Waals surface area (Å²) < 4.78 is 0. The van der Waals surface area contributed by atoms with E-state index in [2.05, 4.69) is 76.3 Å². The normalized spacial score (nSPS) is 13.4. The van der Waals surface area contributed by atoms with E-state index in [1.807, 2.05) is 0 Å². The highest BCUT2D eigenvalue weighted by atomic mass is 15.1. The van der Waals surface area contributed by atoms with E-state index in [4.69, 9.17) is 0 Å². The molecule has 0 heterocycles. The highest BCUT2D eigenvalue weighted by Crippen LogP contribution is 2.28. The molecule has 0 aliphatic rings. The van der Waals surface area contributed by atoms with Gasteiger partial charge in [0, 0.05) is 25.8 Å². The number of hydrogen-bond donors (Lipinski definition) is 1. The molecular weight excluding hydrogens is 232 g/mol. The van der Waals surface area contributed by atoms with Gasteiger partial charge < -0.3 is 10.2 Å². The Morgan fingerprint density at radius 1 is 1.21 bits per heavy atom. The summed E-state index contributed by atoms with van der Waals surface area (Å²) in [6.07, 6.45) is 2.42. The second kappa shape index (κ2) is 6.95. The van der Waals surface area contributed by atoms with Crippen molar-refractivity contribution in [2.75, 3.05) is 25.5 Å². The van der Waals surface area contributed by atoms with E-state index in [0.29, 0.717) is 11.5 Å². The molecule has 1 atom stereocenters. The Morgan fingerprint density at radius 3 is 2.42 bits per heavy atom. The van der Waals surface area contributed by atoms with Crippen molar-refractivity contribution in [3.63, 3.8) is 0 Å². The summed E-state index contributed by atoms with van der Waals surface area (Å²) >= 11 is 0. The number of benzene rings is 1. The topological polar surface area (TPSA) is 15.3 Å². The van der Waals surface area contributed by atoms with E-state index in [1.165, 1.54) is 24.1 Å². The summed E-state index contributed by atoms with van der Waals surface area (Å²) in [6.45, 7) is 10.1. The molecule has 0 aromatic heterocycles. The minimum absolute atomic E-state index is 0.396. The minimum Gasteiger partial charge on any atom is -0.378 e. The first kappa shape index (κ1) is 16.0. The van der Waals surface area contributed by atoms with E-state index >= 15 is 0 Å². The van der Waals surface area contributed by atoms with Crippen LogP contribution in [0.1, 0.15) is 52.1 Å². The van der Waals surface area contributed by atoms with Crippen LogP contribution in [-0.2, 0) is 0 Å². The molecule has 0 fully saturated rings. The zero-order chi connectivity index (χ0) is 14.5. The first-order valence-corrected chi connectivity index (χ1v) is 7.34. The third kappa shape index (κ3) is 5.65. The predicted molar refractivity (Wildman–Crippen MR) is 85.9 cm³/mol. The Morgan fingerprint density at radius 2 is 1.89 bits per heavy atom. The lowest BCUT2D eigenvalue weighted by atomic mass is 9.87. The standard InChI is InChI=1S/C17H30N2/c1-7-18-16(11-12-17(2,3)4)14-9-8-10-15(13-14)19(5)6/h8-10,13,16,18H,7,11-12H2,1-6H3. The lowest BCUT2D eigenvalue weighted by molar-refractivity contribution is 0.334. The van der Waals surface area contributed by atoms with Crippen LogP contribution in [0.25, 0.3) is 0 Å². The molecule has 1 unspecified atom stereocenters. The van der Waals surface area contributed by atoms with Crippen molar-refractivity contribution in [2.45, 2.75) is 46.6 Å². The number of anilines is 1. The largest absolute Gasteiger partial charge is 0.378 e. The summed E-state index contributed by atoms with van der Waals surface area (Å²) in [6, 6.07) is 9.32. The fraction of sp³-hybridized carbons (Fsp3) is 0.647. The van der Waals surface area contributed by atoms with Crippen molar-refractivity contribution < 1.29 is 0 Å². The SMILES string of the molecule is CCNC(CCC(C)(C)C)c1cccc(N(C)C)c1. The van der Waals surface area contributed by atoms with Gasteiger partial charge in [-0.05, 0) is 42.5 Å². The van der Waals surface area contributed by atoms with E-state index in [9.17, 15) is 0 Å². The van der Waals surface area contributed by atoms with Crippen LogP contribution in [0, 0.1) is 5.41 Å². The van der Waals surface area contributed by atoms with Crippen molar-refractivity contribution in [1.29, 1.82) is 0 Å². The monoisotopic (exact) mass is 262 g/mol. The molecule has 0 amide bonds. The molecular formula is C17H30N2. The maximum absolute atomic E-state index is 3.62. The predicted octanol–water partition coefficient (Wildman–Crippen LogP) is 4.23. The molecule has 0 saturated heterocycles. The van der Waals surface area contributed by atoms with Crippen LogP contribution < -0.4 is 10.2 Å². The van der Waals surface area contributed by atoms with Crippen LogP contribution in [0.2, 0.25) is 0 Å². The average molecular weight is 262 g/mol. The molecule has 1 aromatic carbocycles. The summed E-state index contributed by atoms with van der Waals surface area (Å²) in [5.74, 6) is 0. The van der Waals surface area contributed by atoms with Crippen LogP contribution in [0.3, 0.4) is 0 Å². The van der Waals surface area contributed by atoms with Gasteiger partial charge in [-0.25, -0.2) is 0 Å². The number of nitrogens with one attached hydrogen (secondary N) is 1. The maximum Gasteiger partial charge on any atom is 0.0364 e. The molecule has 2 nitrogen and oxygen atoms in total. The van der Waals surface area contributed by atoms with Crippen LogP contribution in [-0.4, -0.2) is 20.6 Å². The fourth-order valence-electron chi connectivity index (χ4n) is 2.23. The lowest BCUT2D eigenvalue weighted by Crippen LogP contribution is -2.23. The van der Waals surface area contributed by atoms with E-state index in [0.717, 1.165) is 6.54 Å². The molecule has 0 radical (unpaired) electrons. The molecule has 0 aliphatic carbocycles. The summed E-state index contributed by atoms with van der Waals surface area (Å²) in [5.41, 5.74) is 3.07. The quantitative estimate of drug-likeness (QED) is 0.825. The minimum atomic E-state index is 0.396. The van der Waals surface area contributed by atoms with Gasteiger partial charge in [0.2, 0.25) is 0 Å². The Hall–Kier alpha value is -1.02. The first-order valence-electron chi connectivity index (χ1n) is 7.34. The second-order valence-corrected chi connectivity index (χ2v) is 6.70. The van der Waals surface area contributed by atoms with Gasteiger partial charge in [0.1, 0.15) is 0 Å². The van der Waals surface area contributed by atoms with Gasteiger partial charge in [-0.15, -0.1) is 0 Å². The Labute approximate surface area is 119 Å². The number of nitrogens with zero attached hydrogens (tertiary/aromatic N) is 1. The van der Waals surface area contributed by atoms with E-state index < -0.39 is 0 Å². The van der Waals surface area contributed by atoms with Crippen LogP contribution in [0.5, 0.6) is 0 Å². The number of hydrogen-bond acceptors (Lipinski definition) is 2. The molecule has 0 saturated carbocycles. The van der Waals surface area contributed by atoms with Crippen molar-refractivity contribution in [3.8, 4) is 0 Å². The van der Waals surface area contributed by atoms with Gasteiger partial charge >= 0.3 is 0 Å². The number of rotatable bonds is 6. The van der Waals surface area contributed by atoms with Crippen molar-refractivity contribution in [2.24, 2.45) is 5.41 Å². The fourth-order valence-corrected chi connectivity index (χ4v) is 2.23. The van der Waals surface area contributed by atoms with Gasteiger partial charge in [0.25, 0.3) is 0 Å². The highest BCUT2D eigenvalue weighted by molar-refractivity contribution is 5.47. The van der Waals surface area contributed by atoms with Gasteiger partial charge in [-0.3, -0.25) is 0 Å². The second-order valence-electron chi connectivity index (χ2n) is 6.70. The lowest BCUT2D eigenvalue weighted by Gasteiger charge is -2.25. The van der Waals surface area contributed by atoms with E-state index in [1.54, 1.807) is 0 Å². The van der Waals surface area contributed by atoms with E-state index in [-0.39, 0.29) is 0 Å². The zero-order valence-corrected chi connectivity index (χ0v) is 13.5.